The summed E-state index contributed by atoms with van der Waals surface area (Å²) in [6, 6.07) is 8.06. The summed E-state index contributed by atoms with van der Waals surface area (Å²) in [5.74, 6) is 0.933. The summed E-state index contributed by atoms with van der Waals surface area (Å²) in [6.07, 6.45) is 3.52. The second-order valence-corrected chi connectivity index (χ2v) is 7.08. The van der Waals surface area contributed by atoms with Crippen molar-refractivity contribution >= 4 is 14.8 Å². The van der Waals surface area contributed by atoms with Crippen LogP contribution in [0.25, 0.3) is 0 Å². The average Bonchev–Trinajstić information content (AvgIpc) is 2.46. The Morgan fingerprint density at radius 1 is 1.19 bits per heavy atom. The second kappa shape index (κ2) is 7.13. The predicted octanol–water partition coefficient (Wildman–Crippen LogP) is 3.42. The third kappa shape index (κ3) is 4.49. The molecular weight excluding hydrogens is 278 g/mol. The Hall–Kier alpha value is -2.01. The Balaban J connectivity index is 2.14. The SMILES string of the molecule is CC(=NCc1ccccc1O[Si](C)C)c1cnc(C)cn1. The largest absolute Gasteiger partial charge is 0.542 e. The molecule has 0 atom stereocenters. The molecule has 0 saturated carbocycles. The molecule has 0 aliphatic heterocycles. The number of aliphatic imine (C=N–C) groups is 1. The molecule has 0 unspecified atom stereocenters. The molecular formula is C16H20N3OSi. The van der Waals surface area contributed by atoms with Gasteiger partial charge in [-0.2, -0.15) is 0 Å². The molecule has 109 valence electrons. The summed E-state index contributed by atoms with van der Waals surface area (Å²) in [5, 5.41) is 0. The number of para-hydroxylation sites is 1. The van der Waals surface area contributed by atoms with Gasteiger partial charge in [0, 0.05) is 11.8 Å². The summed E-state index contributed by atoms with van der Waals surface area (Å²) in [6.45, 7) is 8.71. The van der Waals surface area contributed by atoms with Crippen LogP contribution in [0.2, 0.25) is 13.1 Å². The quantitative estimate of drug-likeness (QED) is 0.627. The van der Waals surface area contributed by atoms with Crippen molar-refractivity contribution in [3.05, 3.63) is 53.6 Å². The highest BCUT2D eigenvalue weighted by molar-refractivity contribution is 6.49. The van der Waals surface area contributed by atoms with Crippen molar-refractivity contribution in [2.24, 2.45) is 4.99 Å². The zero-order valence-corrected chi connectivity index (χ0v) is 13.9. The van der Waals surface area contributed by atoms with Crippen LogP contribution in [0.1, 0.15) is 23.9 Å². The molecule has 0 aliphatic rings. The van der Waals surface area contributed by atoms with Crippen LogP contribution in [-0.4, -0.2) is 24.7 Å². The van der Waals surface area contributed by atoms with E-state index in [1.165, 1.54) is 0 Å². The fraction of sp³-hybridized carbons (Fsp3) is 0.312. The number of aromatic nitrogens is 2. The second-order valence-electron chi connectivity index (χ2n) is 5.06. The maximum atomic E-state index is 5.90. The number of hydrogen-bond acceptors (Lipinski definition) is 4. The first-order chi connectivity index (χ1) is 10.1. The van der Waals surface area contributed by atoms with Gasteiger partial charge >= 0.3 is 0 Å². The zero-order chi connectivity index (χ0) is 15.2. The van der Waals surface area contributed by atoms with Gasteiger partial charge in [0.25, 0.3) is 9.04 Å². The molecule has 0 bridgehead atoms. The van der Waals surface area contributed by atoms with Gasteiger partial charge < -0.3 is 4.43 Å². The van der Waals surface area contributed by atoms with Crippen LogP contribution >= 0.6 is 0 Å². The van der Waals surface area contributed by atoms with Gasteiger partial charge in [0.15, 0.2) is 0 Å². The molecule has 5 heteroatoms. The molecule has 1 heterocycles. The summed E-state index contributed by atoms with van der Waals surface area (Å²) >= 11 is 0. The molecule has 0 aliphatic carbocycles. The van der Waals surface area contributed by atoms with E-state index in [0.29, 0.717) is 6.54 Å². The molecule has 0 fully saturated rings. The van der Waals surface area contributed by atoms with Gasteiger partial charge in [0.1, 0.15) is 11.4 Å². The molecule has 1 aromatic heterocycles. The molecule has 0 saturated heterocycles. The van der Waals surface area contributed by atoms with Crippen LogP contribution in [0.15, 0.2) is 41.7 Å². The van der Waals surface area contributed by atoms with Gasteiger partial charge in [-0.15, -0.1) is 0 Å². The molecule has 21 heavy (non-hydrogen) atoms. The summed E-state index contributed by atoms with van der Waals surface area (Å²) in [4.78, 5) is 13.2. The fourth-order valence-electron chi connectivity index (χ4n) is 1.82. The van der Waals surface area contributed by atoms with E-state index in [2.05, 4.69) is 34.1 Å². The number of hydrogen-bond donors (Lipinski definition) is 0. The highest BCUT2D eigenvalue weighted by Gasteiger charge is 2.06. The van der Waals surface area contributed by atoms with Crippen LogP contribution in [0.5, 0.6) is 5.75 Å². The van der Waals surface area contributed by atoms with E-state index in [4.69, 9.17) is 4.43 Å². The van der Waals surface area contributed by atoms with Gasteiger partial charge in [-0.1, -0.05) is 18.2 Å². The Labute approximate surface area is 127 Å². The van der Waals surface area contributed by atoms with Gasteiger partial charge in [-0.25, -0.2) is 0 Å². The third-order valence-electron chi connectivity index (χ3n) is 2.92. The maximum absolute atomic E-state index is 5.90. The smallest absolute Gasteiger partial charge is 0.274 e. The van der Waals surface area contributed by atoms with Gasteiger partial charge in [-0.3, -0.25) is 15.0 Å². The lowest BCUT2D eigenvalue weighted by molar-refractivity contribution is 0.571. The van der Waals surface area contributed by atoms with E-state index in [1.807, 2.05) is 32.0 Å². The van der Waals surface area contributed by atoms with Crippen molar-refractivity contribution in [3.63, 3.8) is 0 Å². The van der Waals surface area contributed by atoms with Gasteiger partial charge in [0.05, 0.1) is 24.1 Å². The molecule has 2 rings (SSSR count). The van der Waals surface area contributed by atoms with Crippen LogP contribution < -0.4 is 4.43 Å². The Morgan fingerprint density at radius 3 is 2.62 bits per heavy atom. The molecule has 0 N–H and O–H groups in total. The van der Waals surface area contributed by atoms with E-state index in [9.17, 15) is 0 Å². The van der Waals surface area contributed by atoms with Crippen LogP contribution in [-0.2, 0) is 6.54 Å². The number of nitrogens with zero attached hydrogens (tertiary/aromatic N) is 3. The van der Waals surface area contributed by atoms with Crippen LogP contribution in [0.3, 0.4) is 0 Å². The molecule has 0 spiro atoms. The Morgan fingerprint density at radius 2 is 1.95 bits per heavy atom. The zero-order valence-electron chi connectivity index (χ0n) is 12.9. The summed E-state index contributed by atoms with van der Waals surface area (Å²) in [7, 11) is -0.774. The fourth-order valence-corrected chi connectivity index (χ4v) is 2.46. The topological polar surface area (TPSA) is 47.4 Å². The minimum Gasteiger partial charge on any atom is -0.542 e. The Kier molecular flexibility index (Phi) is 5.22. The molecule has 2 aromatic rings. The predicted molar refractivity (Wildman–Crippen MR) is 87.2 cm³/mol. The van der Waals surface area contributed by atoms with Crippen molar-refractivity contribution in [2.75, 3.05) is 0 Å². The van der Waals surface area contributed by atoms with E-state index in [-0.39, 0.29) is 0 Å². The first-order valence-corrected chi connectivity index (χ1v) is 9.33. The molecule has 4 nitrogen and oxygen atoms in total. The van der Waals surface area contributed by atoms with Crippen molar-refractivity contribution in [3.8, 4) is 5.75 Å². The van der Waals surface area contributed by atoms with Crippen LogP contribution in [0, 0.1) is 6.92 Å². The molecule has 1 aromatic carbocycles. The van der Waals surface area contributed by atoms with E-state index < -0.39 is 9.04 Å². The molecule has 0 amide bonds. The van der Waals surface area contributed by atoms with E-state index >= 15 is 0 Å². The minimum atomic E-state index is -0.774. The number of aryl methyl sites for hydroxylation is 1. The first-order valence-electron chi connectivity index (χ1n) is 6.92. The summed E-state index contributed by atoms with van der Waals surface area (Å²) < 4.78 is 5.90. The Bertz CT molecular complexity index is 624. The number of rotatable bonds is 5. The van der Waals surface area contributed by atoms with Crippen molar-refractivity contribution in [1.82, 2.24) is 9.97 Å². The molecule has 1 radical (unpaired) electrons. The van der Waals surface area contributed by atoms with Crippen molar-refractivity contribution < 1.29 is 4.43 Å². The van der Waals surface area contributed by atoms with Gasteiger partial charge in [0.2, 0.25) is 0 Å². The summed E-state index contributed by atoms with van der Waals surface area (Å²) in [5.41, 5.74) is 3.71. The highest BCUT2D eigenvalue weighted by Crippen LogP contribution is 2.19. The normalized spacial score (nSPS) is 11.8. The lowest BCUT2D eigenvalue weighted by Gasteiger charge is -2.12. The lowest BCUT2D eigenvalue weighted by atomic mass is 10.2. The van der Waals surface area contributed by atoms with Crippen molar-refractivity contribution in [2.45, 2.75) is 33.5 Å². The maximum Gasteiger partial charge on any atom is 0.274 e. The standard InChI is InChI=1S/C16H20N3OSi/c1-12-9-19-15(11-17-12)13(2)18-10-14-7-5-6-8-16(14)20-21(3)4/h5-9,11H,10H2,1-4H3. The van der Waals surface area contributed by atoms with Crippen molar-refractivity contribution in [1.29, 1.82) is 0 Å². The third-order valence-corrected chi connectivity index (χ3v) is 3.55. The van der Waals surface area contributed by atoms with Crippen LogP contribution in [0.4, 0.5) is 0 Å². The van der Waals surface area contributed by atoms with Gasteiger partial charge in [-0.05, 0) is 33.0 Å². The minimum absolute atomic E-state index is 0.590. The first kappa shape index (κ1) is 15.4. The number of benzene rings is 1. The highest BCUT2D eigenvalue weighted by atomic mass is 28.3. The average molecular weight is 298 g/mol. The van der Waals surface area contributed by atoms with E-state index in [0.717, 1.165) is 28.4 Å². The lowest BCUT2D eigenvalue weighted by Crippen LogP contribution is -2.12. The monoisotopic (exact) mass is 298 g/mol. The van der Waals surface area contributed by atoms with E-state index in [1.54, 1.807) is 12.4 Å².